The molecule has 2 N–H and O–H groups in total. The summed E-state index contributed by atoms with van der Waals surface area (Å²) in [6.45, 7) is 3.96. The van der Waals surface area contributed by atoms with E-state index in [1.54, 1.807) is 23.7 Å². The molecular formula is C15H12N4S2. The van der Waals surface area contributed by atoms with Crippen LogP contribution in [0.25, 0.3) is 20.9 Å². The molecule has 0 aromatic carbocycles. The first kappa shape index (κ1) is 13.7. The molecule has 0 aliphatic rings. The molecule has 0 bridgehead atoms. The van der Waals surface area contributed by atoms with E-state index in [-0.39, 0.29) is 0 Å². The van der Waals surface area contributed by atoms with Gasteiger partial charge in [0.2, 0.25) is 0 Å². The van der Waals surface area contributed by atoms with Crippen molar-refractivity contribution < 1.29 is 0 Å². The summed E-state index contributed by atoms with van der Waals surface area (Å²) >= 11 is 3.04. The molecule has 104 valence electrons. The molecule has 3 aromatic heterocycles. The van der Waals surface area contributed by atoms with Gasteiger partial charge in [0.25, 0.3) is 0 Å². The zero-order valence-electron chi connectivity index (χ0n) is 11.5. The van der Waals surface area contributed by atoms with E-state index in [1.807, 2.05) is 26.0 Å². The number of nitriles is 1. The number of aromatic nitrogens is 2. The van der Waals surface area contributed by atoms with Crippen molar-refractivity contribution in [2.45, 2.75) is 13.8 Å². The summed E-state index contributed by atoms with van der Waals surface area (Å²) < 4.78 is 0. The van der Waals surface area contributed by atoms with Crippen molar-refractivity contribution in [3.63, 3.8) is 0 Å². The Bertz CT molecular complexity index is 841. The second kappa shape index (κ2) is 5.28. The maximum absolute atomic E-state index is 9.28. The Balaban J connectivity index is 2.31. The van der Waals surface area contributed by atoms with Crippen molar-refractivity contribution >= 4 is 28.4 Å². The monoisotopic (exact) mass is 312 g/mol. The van der Waals surface area contributed by atoms with Crippen LogP contribution >= 0.6 is 22.7 Å². The summed E-state index contributed by atoms with van der Waals surface area (Å²) in [5, 5.41) is 10.3. The average Bonchev–Trinajstić information content (AvgIpc) is 2.99. The van der Waals surface area contributed by atoms with Crippen molar-refractivity contribution in [3.05, 3.63) is 40.1 Å². The van der Waals surface area contributed by atoms with Crippen LogP contribution in [0.4, 0.5) is 5.69 Å². The number of nitrogen functional groups attached to an aromatic ring is 1. The molecule has 0 atom stereocenters. The smallest absolute Gasteiger partial charge is 0.129 e. The van der Waals surface area contributed by atoms with E-state index >= 15 is 0 Å². The van der Waals surface area contributed by atoms with Gasteiger partial charge in [0, 0.05) is 23.5 Å². The number of thiophene rings is 1. The number of nitrogens with zero attached hydrogens (tertiary/aromatic N) is 3. The van der Waals surface area contributed by atoms with Gasteiger partial charge in [0.05, 0.1) is 26.1 Å². The average molecular weight is 312 g/mol. The van der Waals surface area contributed by atoms with Crippen LogP contribution in [0, 0.1) is 25.2 Å². The van der Waals surface area contributed by atoms with E-state index < -0.39 is 0 Å². The van der Waals surface area contributed by atoms with Crippen LogP contribution in [0.1, 0.15) is 15.6 Å². The first-order valence-electron chi connectivity index (χ1n) is 6.29. The fourth-order valence-electron chi connectivity index (χ4n) is 2.23. The summed E-state index contributed by atoms with van der Waals surface area (Å²) in [5.41, 5.74) is 9.49. The first-order valence-corrected chi connectivity index (χ1v) is 7.92. The third kappa shape index (κ3) is 2.31. The van der Waals surface area contributed by atoms with Gasteiger partial charge < -0.3 is 5.73 Å². The molecule has 0 aliphatic heterocycles. The van der Waals surface area contributed by atoms with Gasteiger partial charge in [-0.05, 0) is 19.9 Å². The molecule has 3 heterocycles. The fourth-order valence-corrected chi connectivity index (χ4v) is 4.37. The van der Waals surface area contributed by atoms with Crippen LogP contribution in [-0.4, -0.2) is 9.97 Å². The van der Waals surface area contributed by atoms with Gasteiger partial charge in [0.1, 0.15) is 10.9 Å². The molecule has 0 saturated carbocycles. The van der Waals surface area contributed by atoms with Crippen LogP contribution in [0.3, 0.4) is 0 Å². The lowest BCUT2D eigenvalue weighted by atomic mass is 10.1. The van der Waals surface area contributed by atoms with Crippen molar-refractivity contribution in [2.75, 3.05) is 5.73 Å². The number of hydrogen-bond donors (Lipinski definition) is 1. The zero-order chi connectivity index (χ0) is 15.0. The lowest BCUT2D eigenvalue weighted by Crippen LogP contribution is -1.89. The summed E-state index contributed by atoms with van der Waals surface area (Å²) in [7, 11) is 0. The first-order chi connectivity index (χ1) is 10.1. The van der Waals surface area contributed by atoms with Crippen LogP contribution in [-0.2, 0) is 0 Å². The lowest BCUT2D eigenvalue weighted by Gasteiger charge is -2.04. The van der Waals surface area contributed by atoms with E-state index in [0.717, 1.165) is 31.6 Å². The summed E-state index contributed by atoms with van der Waals surface area (Å²) in [6, 6.07) is 6.00. The highest BCUT2D eigenvalue weighted by Crippen LogP contribution is 2.47. The van der Waals surface area contributed by atoms with Gasteiger partial charge in [-0.2, -0.15) is 5.26 Å². The largest absolute Gasteiger partial charge is 0.396 e. The minimum Gasteiger partial charge on any atom is -0.396 e. The molecule has 0 amide bonds. The zero-order valence-corrected chi connectivity index (χ0v) is 13.2. The van der Waals surface area contributed by atoms with Crippen LogP contribution in [0.5, 0.6) is 0 Å². The molecule has 3 aromatic rings. The Morgan fingerprint density at radius 1 is 1.24 bits per heavy atom. The van der Waals surface area contributed by atoms with Crippen LogP contribution < -0.4 is 5.73 Å². The number of hydrogen-bond acceptors (Lipinski definition) is 6. The maximum Gasteiger partial charge on any atom is 0.129 e. The molecule has 0 aliphatic carbocycles. The topological polar surface area (TPSA) is 75.6 Å². The van der Waals surface area contributed by atoms with Crippen molar-refractivity contribution in [1.82, 2.24) is 9.97 Å². The second-order valence-electron chi connectivity index (χ2n) is 4.55. The van der Waals surface area contributed by atoms with Crippen molar-refractivity contribution in [2.24, 2.45) is 0 Å². The van der Waals surface area contributed by atoms with Crippen molar-refractivity contribution in [1.29, 1.82) is 5.26 Å². The molecule has 0 spiro atoms. The molecule has 4 nitrogen and oxygen atoms in total. The number of pyridine rings is 1. The fraction of sp³-hybridized carbons (Fsp3) is 0.133. The number of rotatable bonds is 2. The summed E-state index contributed by atoms with van der Waals surface area (Å²) in [6.07, 6.45) is 3.49. The highest BCUT2D eigenvalue weighted by atomic mass is 32.1. The molecule has 0 saturated heterocycles. The summed E-state index contributed by atoms with van der Waals surface area (Å²) in [4.78, 5) is 11.2. The number of anilines is 1. The third-order valence-electron chi connectivity index (χ3n) is 3.11. The Labute approximate surface area is 130 Å². The standard InChI is InChI=1S/C15H12N4S2/c1-8-14(20-9(2)19-8)15-12(10-4-3-5-18-7-10)13(17)11(6-16)21-15/h3-5,7H,17H2,1-2H3. The lowest BCUT2D eigenvalue weighted by molar-refractivity contribution is 1.20. The van der Waals surface area contributed by atoms with E-state index in [0.29, 0.717) is 10.6 Å². The van der Waals surface area contributed by atoms with Crippen LogP contribution in [0.15, 0.2) is 24.5 Å². The second-order valence-corrected chi connectivity index (χ2v) is 6.77. The highest BCUT2D eigenvalue weighted by molar-refractivity contribution is 7.23. The van der Waals surface area contributed by atoms with Gasteiger partial charge in [0.15, 0.2) is 0 Å². The van der Waals surface area contributed by atoms with Crippen LogP contribution in [0.2, 0.25) is 0 Å². The Hall–Kier alpha value is -2.23. The minimum absolute atomic E-state index is 0.524. The Kier molecular flexibility index (Phi) is 3.45. The van der Waals surface area contributed by atoms with Gasteiger partial charge in [-0.3, -0.25) is 4.98 Å². The molecular weight excluding hydrogens is 300 g/mol. The maximum atomic E-state index is 9.28. The predicted molar refractivity (Wildman–Crippen MR) is 87.3 cm³/mol. The van der Waals surface area contributed by atoms with Crippen molar-refractivity contribution in [3.8, 4) is 27.0 Å². The number of thiazole rings is 1. The predicted octanol–water partition coefficient (Wildman–Crippen LogP) is 4.00. The van der Waals surface area contributed by atoms with Gasteiger partial charge >= 0.3 is 0 Å². The molecule has 3 rings (SSSR count). The SMILES string of the molecule is Cc1nc(C)c(-c2sc(C#N)c(N)c2-c2cccnc2)s1. The quantitative estimate of drug-likeness (QED) is 0.776. The molecule has 0 radical (unpaired) electrons. The van der Waals surface area contributed by atoms with E-state index in [4.69, 9.17) is 5.73 Å². The van der Waals surface area contributed by atoms with Gasteiger partial charge in [-0.15, -0.1) is 22.7 Å². The Morgan fingerprint density at radius 3 is 2.62 bits per heavy atom. The van der Waals surface area contributed by atoms with E-state index in [2.05, 4.69) is 16.0 Å². The number of aryl methyl sites for hydroxylation is 2. The third-order valence-corrected chi connectivity index (χ3v) is 5.45. The Morgan fingerprint density at radius 2 is 2.05 bits per heavy atom. The molecule has 21 heavy (non-hydrogen) atoms. The number of nitrogens with two attached hydrogens (primary N) is 1. The molecule has 0 fully saturated rings. The molecule has 0 unspecified atom stereocenters. The highest BCUT2D eigenvalue weighted by Gasteiger charge is 2.21. The molecule has 6 heteroatoms. The minimum atomic E-state index is 0.524. The normalized spacial score (nSPS) is 10.5. The van der Waals surface area contributed by atoms with E-state index in [9.17, 15) is 5.26 Å². The summed E-state index contributed by atoms with van der Waals surface area (Å²) in [5.74, 6) is 0. The van der Waals surface area contributed by atoms with Gasteiger partial charge in [-0.25, -0.2) is 4.98 Å². The van der Waals surface area contributed by atoms with Gasteiger partial charge in [-0.1, -0.05) is 6.07 Å². The van der Waals surface area contributed by atoms with E-state index in [1.165, 1.54) is 11.3 Å².